The van der Waals surface area contributed by atoms with Gasteiger partial charge in [-0.3, -0.25) is 0 Å². The molecule has 5 heavy (non-hydrogen) atoms. The first kappa shape index (κ1) is 5.86. The van der Waals surface area contributed by atoms with Gasteiger partial charge in [0.1, 0.15) is 0 Å². The summed E-state index contributed by atoms with van der Waals surface area (Å²) < 4.78 is 0.854. The minimum atomic E-state index is 0.854. The highest BCUT2D eigenvalue weighted by molar-refractivity contribution is 14.1. The molecule has 0 unspecified atom stereocenters. The van der Waals surface area contributed by atoms with Crippen molar-refractivity contribution in [3.63, 3.8) is 0 Å². The van der Waals surface area contributed by atoms with Crippen molar-refractivity contribution in [1.29, 1.82) is 0 Å². The van der Waals surface area contributed by atoms with Crippen LogP contribution in [0.15, 0.2) is 0 Å². The van der Waals surface area contributed by atoms with Crippen LogP contribution in [0.5, 0.6) is 0 Å². The van der Waals surface area contributed by atoms with Gasteiger partial charge >= 0.3 is 0 Å². The van der Waals surface area contributed by atoms with Crippen molar-refractivity contribution >= 4 is 34.6 Å². The molecule has 0 saturated heterocycles. The SMILES string of the molecule is BB(I)CC. The van der Waals surface area contributed by atoms with Gasteiger partial charge in [0.25, 0.3) is 0 Å². The molecule has 3 heteroatoms. The molecule has 0 aromatic heterocycles. The first-order valence-electron chi connectivity index (χ1n) is 1.91. The van der Waals surface area contributed by atoms with Gasteiger partial charge in [-0.15, -0.1) is 0 Å². The van der Waals surface area contributed by atoms with Crippen molar-refractivity contribution in [1.82, 2.24) is 0 Å². The van der Waals surface area contributed by atoms with Gasteiger partial charge in [-0.2, -0.15) is 22.4 Å². The Morgan fingerprint density at radius 3 is 2.20 bits per heavy atom. The van der Waals surface area contributed by atoms with Crippen LogP contribution in [0.25, 0.3) is 0 Å². The third kappa shape index (κ3) is 4.86. The van der Waals surface area contributed by atoms with Crippen molar-refractivity contribution in [2.75, 3.05) is 0 Å². The molecule has 0 aromatic carbocycles. The van der Waals surface area contributed by atoms with E-state index < -0.39 is 0 Å². The quantitative estimate of drug-likeness (QED) is 0.408. The van der Waals surface area contributed by atoms with E-state index in [4.69, 9.17) is 0 Å². The Balaban J connectivity index is 2.54. The smallest absolute Gasteiger partial charge is 0.161 e. The molecule has 0 spiro atoms. The van der Waals surface area contributed by atoms with E-state index >= 15 is 0 Å². The molecular formula is C2H7B2I. The molecule has 0 atom stereocenters. The van der Waals surface area contributed by atoms with Crippen LogP contribution in [-0.2, 0) is 0 Å². The Bertz CT molecular complexity index is 21.6. The molecule has 0 bridgehead atoms. The Kier molecular flexibility index (Phi) is 3.59. The predicted molar refractivity (Wildman–Crippen MR) is 38.8 cm³/mol. The van der Waals surface area contributed by atoms with Gasteiger partial charge in [0.05, 0.1) is 7.74 Å². The lowest BCUT2D eigenvalue weighted by Gasteiger charge is -1.81. The number of hydrogen-bond donors (Lipinski definition) is 0. The zero-order valence-electron chi connectivity index (χ0n) is 3.66. The van der Waals surface area contributed by atoms with Crippen LogP contribution >= 0.6 is 22.4 Å². The lowest BCUT2D eigenvalue weighted by atomic mass is 9.54. The third-order valence-electron chi connectivity index (χ3n) is 0.563. The highest BCUT2D eigenvalue weighted by Gasteiger charge is 1.90. The van der Waals surface area contributed by atoms with Crippen molar-refractivity contribution in [2.24, 2.45) is 0 Å². The average Bonchev–Trinajstić information content (AvgIpc) is 1.38. The normalized spacial score (nSPS) is 7.60. The monoisotopic (exact) mass is 180 g/mol. The van der Waals surface area contributed by atoms with E-state index in [1.807, 2.05) is 0 Å². The second-order valence-electron chi connectivity index (χ2n) is 1.19. The summed E-state index contributed by atoms with van der Waals surface area (Å²) in [7, 11) is 2.21. The Morgan fingerprint density at radius 2 is 2.20 bits per heavy atom. The van der Waals surface area contributed by atoms with Crippen LogP contribution in [0.4, 0.5) is 0 Å². The van der Waals surface area contributed by atoms with Crippen LogP contribution in [0.1, 0.15) is 6.92 Å². The summed E-state index contributed by atoms with van der Waals surface area (Å²) in [6.07, 6.45) is 1.29. The second kappa shape index (κ2) is 3.07. The highest BCUT2D eigenvalue weighted by atomic mass is 127. The summed E-state index contributed by atoms with van der Waals surface area (Å²) in [6.45, 7) is 2.19. The standard InChI is InChI=1S/C2H7B2I/c1-2-4(3)5/h2-3H2,1H3. The molecule has 0 heterocycles. The van der Waals surface area contributed by atoms with Crippen LogP contribution < -0.4 is 0 Å². The van der Waals surface area contributed by atoms with Crippen molar-refractivity contribution in [2.45, 2.75) is 13.2 Å². The molecule has 0 nitrogen and oxygen atoms in total. The van der Waals surface area contributed by atoms with Gasteiger partial charge in [-0.25, -0.2) is 0 Å². The molecule has 0 aliphatic rings. The minimum Gasteiger partial charge on any atom is -0.161 e. The molecule has 28 valence electrons. The fourth-order valence-electron chi connectivity index (χ4n) is 0. The molecule has 0 aliphatic carbocycles. The summed E-state index contributed by atoms with van der Waals surface area (Å²) in [5, 5.41) is 0. The maximum atomic E-state index is 2.41. The molecule has 0 fully saturated rings. The summed E-state index contributed by atoms with van der Waals surface area (Å²) in [4.78, 5) is 0. The lowest BCUT2D eigenvalue weighted by molar-refractivity contribution is 1.47. The van der Waals surface area contributed by atoms with Crippen LogP contribution in [0.2, 0.25) is 6.32 Å². The van der Waals surface area contributed by atoms with E-state index in [0.717, 1.165) is 4.46 Å². The average molecular weight is 180 g/mol. The molecule has 0 aliphatic heterocycles. The summed E-state index contributed by atoms with van der Waals surface area (Å²) in [5.74, 6) is 0. The molecule has 0 aromatic rings. The fourth-order valence-corrected chi connectivity index (χ4v) is 0. The van der Waals surface area contributed by atoms with Crippen molar-refractivity contribution in [3.05, 3.63) is 0 Å². The first-order valence-corrected chi connectivity index (χ1v) is 3.16. The predicted octanol–water partition coefficient (Wildman–Crippen LogP) is 0.563. The fraction of sp³-hybridized carbons (Fsp3) is 1.00. The zero-order chi connectivity index (χ0) is 4.28. The van der Waals surface area contributed by atoms with Crippen molar-refractivity contribution < 1.29 is 0 Å². The summed E-state index contributed by atoms with van der Waals surface area (Å²) in [5.41, 5.74) is 0. The van der Waals surface area contributed by atoms with Crippen LogP contribution in [0, 0.1) is 0 Å². The maximum Gasteiger partial charge on any atom is 0.176 e. The molecule has 0 saturated carbocycles. The van der Waals surface area contributed by atoms with Crippen LogP contribution in [-0.4, -0.2) is 12.2 Å². The number of rotatable bonds is 1. The Hall–Kier alpha value is 0.860. The number of halogens is 1. The molecule has 0 N–H and O–H groups in total. The van der Waals surface area contributed by atoms with Gasteiger partial charge in [-0.05, 0) is 0 Å². The van der Waals surface area contributed by atoms with E-state index in [9.17, 15) is 0 Å². The second-order valence-corrected chi connectivity index (χ2v) is 3.32. The van der Waals surface area contributed by atoms with Crippen molar-refractivity contribution in [3.8, 4) is 0 Å². The lowest BCUT2D eigenvalue weighted by Crippen LogP contribution is -1.96. The van der Waals surface area contributed by atoms with E-state index in [-0.39, 0.29) is 0 Å². The summed E-state index contributed by atoms with van der Waals surface area (Å²) >= 11 is 2.41. The topological polar surface area (TPSA) is 0 Å². The Morgan fingerprint density at radius 1 is 2.00 bits per heavy atom. The van der Waals surface area contributed by atoms with Gasteiger partial charge in [0.15, 0.2) is 4.46 Å². The largest absolute Gasteiger partial charge is 0.176 e. The van der Waals surface area contributed by atoms with Crippen LogP contribution in [0.3, 0.4) is 0 Å². The van der Waals surface area contributed by atoms with Gasteiger partial charge in [0, 0.05) is 0 Å². The minimum absolute atomic E-state index is 0.854. The number of hydrogen-bond acceptors (Lipinski definition) is 0. The molecule has 0 radical (unpaired) electrons. The molecule has 0 amide bonds. The molecule has 0 rings (SSSR count). The zero-order valence-corrected chi connectivity index (χ0v) is 5.82. The van der Waals surface area contributed by atoms with Gasteiger partial charge in [-0.1, -0.05) is 13.2 Å². The Labute approximate surface area is 48.1 Å². The highest BCUT2D eigenvalue weighted by Crippen LogP contribution is 1.91. The van der Waals surface area contributed by atoms with E-state index in [2.05, 4.69) is 37.0 Å². The molecular weight excluding hydrogens is 173 g/mol. The summed E-state index contributed by atoms with van der Waals surface area (Å²) in [6, 6.07) is 0. The van der Waals surface area contributed by atoms with E-state index in [1.54, 1.807) is 0 Å². The maximum absolute atomic E-state index is 2.41. The van der Waals surface area contributed by atoms with Gasteiger partial charge < -0.3 is 0 Å². The first-order chi connectivity index (χ1) is 2.27. The van der Waals surface area contributed by atoms with Gasteiger partial charge in [0.2, 0.25) is 0 Å². The van der Waals surface area contributed by atoms with E-state index in [0.29, 0.717) is 0 Å². The van der Waals surface area contributed by atoms with E-state index in [1.165, 1.54) is 6.32 Å². The third-order valence-corrected chi connectivity index (χ3v) is 1.44.